The summed E-state index contributed by atoms with van der Waals surface area (Å²) in [6.07, 6.45) is 9.28. The lowest BCUT2D eigenvalue weighted by Crippen LogP contribution is -2.21. The molecule has 0 amide bonds. The zero-order valence-corrected chi connectivity index (χ0v) is 18.8. The lowest BCUT2D eigenvalue weighted by Gasteiger charge is -2.21. The molecule has 5 heteroatoms. The molecule has 0 fully saturated rings. The van der Waals surface area contributed by atoms with E-state index in [9.17, 15) is 4.79 Å². The van der Waals surface area contributed by atoms with E-state index < -0.39 is 0 Å². The number of carbonyl (C=O) groups is 1. The van der Waals surface area contributed by atoms with Gasteiger partial charge in [-0.3, -0.25) is 4.98 Å². The van der Waals surface area contributed by atoms with E-state index >= 15 is 0 Å². The summed E-state index contributed by atoms with van der Waals surface area (Å²) in [5.41, 5.74) is 8.30. The second-order valence-corrected chi connectivity index (χ2v) is 8.32. The summed E-state index contributed by atoms with van der Waals surface area (Å²) < 4.78 is 0. The Morgan fingerprint density at radius 1 is 0.912 bits per heavy atom. The first-order chi connectivity index (χ1) is 16.8. The van der Waals surface area contributed by atoms with Gasteiger partial charge in [-0.25, -0.2) is 4.98 Å². The molecule has 1 unspecified atom stereocenters. The summed E-state index contributed by atoms with van der Waals surface area (Å²) in [4.78, 5) is 20.7. The van der Waals surface area contributed by atoms with E-state index in [1.807, 2.05) is 36.7 Å². The highest BCUT2D eigenvalue weighted by Gasteiger charge is 2.21. The van der Waals surface area contributed by atoms with Crippen LogP contribution in [0, 0.1) is 0 Å². The van der Waals surface area contributed by atoms with Crippen molar-refractivity contribution < 1.29 is 4.79 Å². The number of hydrogen-bond acceptors (Lipinski definition) is 5. The minimum atomic E-state index is -0.385. The summed E-state index contributed by atoms with van der Waals surface area (Å²) in [7, 11) is 0. The van der Waals surface area contributed by atoms with Gasteiger partial charge in [0.2, 0.25) is 0 Å². The molecule has 168 valence electrons. The number of aldehydes is 1. The van der Waals surface area contributed by atoms with E-state index in [2.05, 4.69) is 70.2 Å². The first kappa shape index (κ1) is 21.7. The van der Waals surface area contributed by atoms with Gasteiger partial charge in [0.05, 0.1) is 11.4 Å². The number of pyridine rings is 2. The van der Waals surface area contributed by atoms with Gasteiger partial charge in [0.25, 0.3) is 0 Å². The normalized spacial score (nSPS) is 14.3. The van der Waals surface area contributed by atoms with E-state index in [0.717, 1.165) is 59.4 Å². The molecule has 0 saturated heterocycles. The van der Waals surface area contributed by atoms with E-state index in [0.29, 0.717) is 0 Å². The summed E-state index contributed by atoms with van der Waals surface area (Å²) in [5, 5.41) is 6.62. The molecule has 2 N–H and O–H groups in total. The van der Waals surface area contributed by atoms with Crippen LogP contribution in [0.3, 0.4) is 0 Å². The first-order valence-corrected chi connectivity index (χ1v) is 11.5. The van der Waals surface area contributed by atoms with Crippen LogP contribution in [0.25, 0.3) is 28.5 Å². The van der Waals surface area contributed by atoms with Gasteiger partial charge in [0.15, 0.2) is 0 Å². The lowest BCUT2D eigenvalue weighted by molar-refractivity contribution is -0.109. The second-order valence-electron chi connectivity index (χ2n) is 8.32. The Balaban J connectivity index is 1.38. The maximum absolute atomic E-state index is 11.6. The summed E-state index contributed by atoms with van der Waals surface area (Å²) in [6.45, 7) is 1.72. The highest BCUT2D eigenvalue weighted by molar-refractivity contribution is 5.84. The number of nitrogens with zero attached hydrogens (tertiary/aromatic N) is 2. The molecule has 1 aliphatic heterocycles. The SMILES string of the molecule is O=CC1NC=Cc2nc(-c3ccc(CNCCc4ccncc4)cc3)c(-c3ccccc3)cc21. The van der Waals surface area contributed by atoms with Crippen molar-refractivity contribution in [2.24, 2.45) is 0 Å². The summed E-state index contributed by atoms with van der Waals surface area (Å²) in [5.74, 6) is 0. The van der Waals surface area contributed by atoms with E-state index in [4.69, 9.17) is 4.98 Å². The fourth-order valence-electron chi connectivity index (χ4n) is 4.21. The molecule has 1 atom stereocenters. The Labute approximate surface area is 199 Å². The lowest BCUT2D eigenvalue weighted by atomic mass is 9.93. The third-order valence-electron chi connectivity index (χ3n) is 6.05. The monoisotopic (exact) mass is 446 g/mol. The van der Waals surface area contributed by atoms with Crippen LogP contribution in [-0.4, -0.2) is 22.8 Å². The molecule has 0 bridgehead atoms. The second kappa shape index (κ2) is 10.2. The van der Waals surface area contributed by atoms with Gasteiger partial charge in [-0.15, -0.1) is 0 Å². The van der Waals surface area contributed by atoms with E-state index in [-0.39, 0.29) is 6.04 Å². The predicted octanol–water partition coefficient (Wildman–Crippen LogP) is 4.96. The summed E-state index contributed by atoms with van der Waals surface area (Å²) >= 11 is 0. The van der Waals surface area contributed by atoms with Crippen molar-refractivity contribution in [3.8, 4) is 22.4 Å². The van der Waals surface area contributed by atoms with Crippen LogP contribution in [0.5, 0.6) is 0 Å². The largest absolute Gasteiger partial charge is 0.378 e. The molecule has 2 aromatic heterocycles. The molecular weight excluding hydrogens is 420 g/mol. The summed E-state index contributed by atoms with van der Waals surface area (Å²) in [6, 6.07) is 24.6. The smallest absolute Gasteiger partial charge is 0.146 e. The van der Waals surface area contributed by atoms with Crippen LogP contribution >= 0.6 is 0 Å². The molecule has 5 rings (SSSR count). The van der Waals surface area contributed by atoms with Gasteiger partial charge in [-0.05, 0) is 60.1 Å². The highest BCUT2D eigenvalue weighted by atomic mass is 16.1. The predicted molar refractivity (Wildman–Crippen MR) is 136 cm³/mol. The topological polar surface area (TPSA) is 66.9 Å². The number of carbonyl (C=O) groups excluding carboxylic acids is 1. The number of fused-ring (bicyclic) bond motifs is 1. The van der Waals surface area contributed by atoms with Crippen molar-refractivity contribution in [1.82, 2.24) is 20.6 Å². The van der Waals surface area contributed by atoms with Crippen LogP contribution in [-0.2, 0) is 17.8 Å². The maximum Gasteiger partial charge on any atom is 0.146 e. The molecular formula is C29H26N4O. The van der Waals surface area contributed by atoms with Gasteiger partial charge < -0.3 is 15.4 Å². The van der Waals surface area contributed by atoms with Crippen LogP contribution in [0.1, 0.15) is 28.4 Å². The van der Waals surface area contributed by atoms with Crippen molar-refractivity contribution >= 4 is 12.4 Å². The van der Waals surface area contributed by atoms with Crippen LogP contribution in [0.2, 0.25) is 0 Å². The minimum Gasteiger partial charge on any atom is -0.378 e. The Morgan fingerprint density at radius 3 is 2.47 bits per heavy atom. The fourth-order valence-corrected chi connectivity index (χ4v) is 4.21. The molecule has 34 heavy (non-hydrogen) atoms. The molecule has 1 aliphatic rings. The van der Waals surface area contributed by atoms with Crippen LogP contribution in [0.15, 0.2) is 91.4 Å². The Kier molecular flexibility index (Phi) is 6.54. The van der Waals surface area contributed by atoms with Crippen molar-refractivity contribution in [1.29, 1.82) is 0 Å². The highest BCUT2D eigenvalue weighted by Crippen LogP contribution is 2.35. The van der Waals surface area contributed by atoms with Crippen molar-refractivity contribution in [3.05, 3.63) is 114 Å². The minimum absolute atomic E-state index is 0.385. The molecule has 5 nitrogen and oxygen atoms in total. The van der Waals surface area contributed by atoms with Gasteiger partial charge in [-0.2, -0.15) is 0 Å². The Morgan fingerprint density at radius 2 is 1.71 bits per heavy atom. The third kappa shape index (κ3) is 4.80. The zero-order valence-electron chi connectivity index (χ0n) is 18.8. The van der Waals surface area contributed by atoms with Crippen LogP contribution in [0.4, 0.5) is 0 Å². The zero-order chi connectivity index (χ0) is 23.2. The van der Waals surface area contributed by atoms with Gasteiger partial charge in [0, 0.05) is 35.6 Å². The van der Waals surface area contributed by atoms with Gasteiger partial charge in [0.1, 0.15) is 12.3 Å². The van der Waals surface area contributed by atoms with Crippen LogP contribution < -0.4 is 10.6 Å². The van der Waals surface area contributed by atoms with Gasteiger partial charge in [-0.1, -0.05) is 54.6 Å². The van der Waals surface area contributed by atoms with Crippen molar-refractivity contribution in [3.63, 3.8) is 0 Å². The van der Waals surface area contributed by atoms with E-state index in [1.165, 1.54) is 11.1 Å². The Bertz CT molecular complexity index is 1290. The quantitative estimate of drug-likeness (QED) is 0.296. The van der Waals surface area contributed by atoms with E-state index in [1.54, 1.807) is 6.20 Å². The van der Waals surface area contributed by atoms with Crippen molar-refractivity contribution in [2.45, 2.75) is 19.0 Å². The number of aromatic nitrogens is 2. The van der Waals surface area contributed by atoms with Crippen molar-refractivity contribution in [2.75, 3.05) is 6.54 Å². The fraction of sp³-hybridized carbons (Fsp3) is 0.138. The molecule has 0 spiro atoms. The number of hydrogen-bond donors (Lipinski definition) is 2. The average molecular weight is 447 g/mol. The average Bonchev–Trinajstić information content (AvgIpc) is 2.91. The molecule has 0 radical (unpaired) electrons. The molecule has 2 aromatic carbocycles. The number of benzene rings is 2. The number of nitrogens with one attached hydrogen (secondary N) is 2. The molecule has 0 saturated carbocycles. The first-order valence-electron chi connectivity index (χ1n) is 11.5. The number of rotatable bonds is 8. The molecule has 3 heterocycles. The Hall–Kier alpha value is -4.09. The molecule has 4 aromatic rings. The third-order valence-corrected chi connectivity index (χ3v) is 6.05. The maximum atomic E-state index is 11.6. The standard InChI is InChI=1S/C29H26N4O/c34-20-28-26-18-25(23-4-2-1-3-5-23)29(33-27(26)13-17-32-28)24-8-6-22(7-9-24)19-31-16-12-21-10-14-30-15-11-21/h1-11,13-15,17-18,20,28,31-32H,12,16,19H2. The van der Waals surface area contributed by atoms with Gasteiger partial charge >= 0.3 is 0 Å². The molecule has 0 aliphatic carbocycles.